The lowest BCUT2D eigenvalue weighted by molar-refractivity contribution is 0.0791. The number of hydrogen-bond acceptors (Lipinski definition) is 2. The largest absolute Gasteiger partial charge is 0.376 e. The molecule has 0 spiro atoms. The van der Waals surface area contributed by atoms with E-state index in [1.165, 1.54) is 12.8 Å². The van der Waals surface area contributed by atoms with Crippen LogP contribution in [-0.4, -0.2) is 25.8 Å². The second kappa shape index (κ2) is 3.58. The van der Waals surface area contributed by atoms with Gasteiger partial charge in [0.25, 0.3) is 0 Å². The molecular weight excluding hydrogens is 162 g/mol. The minimum absolute atomic E-state index is 0.511. The lowest BCUT2D eigenvalue weighted by atomic mass is 9.84. The molecule has 0 radical (unpaired) electrons. The molecule has 1 saturated heterocycles. The van der Waals surface area contributed by atoms with Gasteiger partial charge in [-0.05, 0) is 37.6 Å². The van der Waals surface area contributed by atoms with E-state index in [0.29, 0.717) is 12.1 Å². The van der Waals surface area contributed by atoms with Gasteiger partial charge in [-0.15, -0.1) is 0 Å². The fraction of sp³-hybridized carbons (Fsp3) is 1.00. The van der Waals surface area contributed by atoms with Gasteiger partial charge in [-0.1, -0.05) is 13.8 Å². The Morgan fingerprint density at radius 1 is 1.31 bits per heavy atom. The Morgan fingerprint density at radius 3 is 2.69 bits per heavy atom. The van der Waals surface area contributed by atoms with Crippen LogP contribution in [0.1, 0.15) is 26.7 Å². The fourth-order valence-corrected chi connectivity index (χ4v) is 3.04. The number of likely N-dealkylation sites (N-methyl/N-ethyl adjacent to an activating group) is 1. The molecule has 0 bridgehead atoms. The van der Waals surface area contributed by atoms with Gasteiger partial charge < -0.3 is 10.1 Å². The first kappa shape index (κ1) is 9.47. The molecule has 1 saturated carbocycles. The SMILES string of the molecule is CNC1CCC2C(C(C)C)COC12. The molecule has 1 N–H and O–H groups in total. The van der Waals surface area contributed by atoms with Crippen molar-refractivity contribution in [2.24, 2.45) is 17.8 Å². The molecule has 2 aliphatic rings. The van der Waals surface area contributed by atoms with Gasteiger partial charge in [0.1, 0.15) is 0 Å². The van der Waals surface area contributed by atoms with Crippen molar-refractivity contribution in [1.29, 1.82) is 0 Å². The molecule has 2 fully saturated rings. The van der Waals surface area contributed by atoms with Crippen LogP contribution >= 0.6 is 0 Å². The van der Waals surface area contributed by atoms with Crippen LogP contribution in [0.25, 0.3) is 0 Å². The normalized spacial score (nSPS) is 44.3. The monoisotopic (exact) mass is 183 g/mol. The van der Waals surface area contributed by atoms with Gasteiger partial charge in [-0.3, -0.25) is 0 Å². The van der Waals surface area contributed by atoms with Gasteiger partial charge >= 0.3 is 0 Å². The Hall–Kier alpha value is -0.0800. The summed E-state index contributed by atoms with van der Waals surface area (Å²) in [5, 5.41) is 3.37. The van der Waals surface area contributed by atoms with Crippen molar-refractivity contribution < 1.29 is 4.74 Å². The van der Waals surface area contributed by atoms with Crippen molar-refractivity contribution in [3.8, 4) is 0 Å². The van der Waals surface area contributed by atoms with E-state index >= 15 is 0 Å². The van der Waals surface area contributed by atoms with Crippen molar-refractivity contribution in [3.05, 3.63) is 0 Å². The molecule has 0 aromatic rings. The second-order valence-corrected chi connectivity index (χ2v) is 4.84. The van der Waals surface area contributed by atoms with Crippen molar-refractivity contribution in [1.82, 2.24) is 5.32 Å². The zero-order valence-electron chi connectivity index (χ0n) is 8.92. The molecule has 2 rings (SSSR count). The van der Waals surface area contributed by atoms with Crippen LogP contribution in [-0.2, 0) is 4.74 Å². The molecule has 2 heteroatoms. The van der Waals surface area contributed by atoms with Gasteiger partial charge in [-0.25, -0.2) is 0 Å². The van der Waals surface area contributed by atoms with Gasteiger partial charge in [0, 0.05) is 6.04 Å². The van der Waals surface area contributed by atoms with Crippen LogP contribution in [0, 0.1) is 17.8 Å². The first-order valence-electron chi connectivity index (χ1n) is 5.53. The summed E-state index contributed by atoms with van der Waals surface area (Å²) < 4.78 is 5.89. The fourth-order valence-electron chi connectivity index (χ4n) is 3.04. The predicted octanol–water partition coefficient (Wildman–Crippen LogP) is 1.66. The van der Waals surface area contributed by atoms with E-state index < -0.39 is 0 Å². The Morgan fingerprint density at radius 2 is 2.08 bits per heavy atom. The third-order valence-corrected chi connectivity index (χ3v) is 3.89. The van der Waals surface area contributed by atoms with E-state index in [1.807, 2.05) is 0 Å². The lowest BCUT2D eigenvalue weighted by Gasteiger charge is -2.20. The summed E-state index contributed by atoms with van der Waals surface area (Å²) in [4.78, 5) is 0. The summed E-state index contributed by atoms with van der Waals surface area (Å²) in [5.41, 5.74) is 0. The topological polar surface area (TPSA) is 21.3 Å². The predicted molar refractivity (Wildman–Crippen MR) is 53.6 cm³/mol. The van der Waals surface area contributed by atoms with Gasteiger partial charge in [-0.2, -0.15) is 0 Å². The maximum atomic E-state index is 5.89. The van der Waals surface area contributed by atoms with E-state index in [1.54, 1.807) is 0 Å². The van der Waals surface area contributed by atoms with Crippen molar-refractivity contribution in [2.45, 2.75) is 38.8 Å². The number of nitrogens with one attached hydrogen (secondary N) is 1. The lowest BCUT2D eigenvalue weighted by Crippen LogP contribution is -2.35. The maximum Gasteiger partial charge on any atom is 0.0759 e. The maximum absolute atomic E-state index is 5.89. The molecule has 0 amide bonds. The summed E-state index contributed by atoms with van der Waals surface area (Å²) >= 11 is 0. The molecular formula is C11H21NO. The highest BCUT2D eigenvalue weighted by atomic mass is 16.5. The van der Waals surface area contributed by atoms with E-state index in [0.717, 1.165) is 24.4 Å². The quantitative estimate of drug-likeness (QED) is 0.703. The van der Waals surface area contributed by atoms with Crippen LogP contribution in [0.2, 0.25) is 0 Å². The molecule has 0 aromatic carbocycles. The van der Waals surface area contributed by atoms with Gasteiger partial charge in [0.15, 0.2) is 0 Å². The van der Waals surface area contributed by atoms with Crippen LogP contribution < -0.4 is 5.32 Å². The van der Waals surface area contributed by atoms with Gasteiger partial charge in [0.2, 0.25) is 0 Å². The smallest absolute Gasteiger partial charge is 0.0759 e. The molecule has 1 heterocycles. The number of ether oxygens (including phenoxy) is 1. The first-order valence-corrected chi connectivity index (χ1v) is 5.53. The molecule has 1 aliphatic heterocycles. The average Bonchev–Trinajstić information content (AvgIpc) is 2.61. The van der Waals surface area contributed by atoms with E-state index in [-0.39, 0.29) is 0 Å². The minimum Gasteiger partial charge on any atom is -0.376 e. The van der Waals surface area contributed by atoms with E-state index in [2.05, 4.69) is 26.2 Å². The highest BCUT2D eigenvalue weighted by molar-refractivity contribution is 4.97. The average molecular weight is 183 g/mol. The molecule has 2 nitrogen and oxygen atoms in total. The Labute approximate surface area is 81.0 Å². The Bertz CT molecular complexity index is 181. The summed E-state index contributed by atoms with van der Waals surface area (Å²) in [5.74, 6) is 2.42. The molecule has 4 atom stereocenters. The second-order valence-electron chi connectivity index (χ2n) is 4.84. The summed E-state index contributed by atoms with van der Waals surface area (Å²) in [6.07, 6.45) is 3.17. The zero-order valence-corrected chi connectivity index (χ0v) is 8.92. The summed E-state index contributed by atoms with van der Waals surface area (Å²) in [7, 11) is 2.05. The molecule has 76 valence electrons. The molecule has 0 aromatic heterocycles. The zero-order chi connectivity index (χ0) is 9.42. The third kappa shape index (κ3) is 1.50. The molecule has 4 unspecified atom stereocenters. The summed E-state index contributed by atoms with van der Waals surface area (Å²) in [6, 6.07) is 0.619. The van der Waals surface area contributed by atoms with Crippen LogP contribution in [0.3, 0.4) is 0 Å². The molecule has 1 aliphatic carbocycles. The number of rotatable bonds is 2. The van der Waals surface area contributed by atoms with E-state index in [9.17, 15) is 0 Å². The summed E-state index contributed by atoms with van der Waals surface area (Å²) in [6.45, 7) is 5.64. The van der Waals surface area contributed by atoms with E-state index in [4.69, 9.17) is 4.74 Å². The Kier molecular flexibility index (Phi) is 2.61. The Balaban J connectivity index is 2.03. The van der Waals surface area contributed by atoms with Gasteiger partial charge in [0.05, 0.1) is 12.7 Å². The highest BCUT2D eigenvalue weighted by Gasteiger charge is 2.46. The van der Waals surface area contributed by atoms with Crippen LogP contribution in [0.5, 0.6) is 0 Å². The molecule has 13 heavy (non-hydrogen) atoms. The minimum atomic E-state index is 0.511. The first-order chi connectivity index (χ1) is 6.24. The number of fused-ring (bicyclic) bond motifs is 1. The van der Waals surface area contributed by atoms with Crippen molar-refractivity contribution in [3.63, 3.8) is 0 Å². The van der Waals surface area contributed by atoms with Crippen LogP contribution in [0.15, 0.2) is 0 Å². The highest BCUT2D eigenvalue weighted by Crippen LogP contribution is 2.42. The van der Waals surface area contributed by atoms with Crippen LogP contribution in [0.4, 0.5) is 0 Å². The third-order valence-electron chi connectivity index (χ3n) is 3.89. The number of hydrogen-bond donors (Lipinski definition) is 1. The standard InChI is InChI=1S/C11H21NO/c1-7(2)9-6-13-11-8(9)4-5-10(11)12-3/h7-12H,4-6H2,1-3H3. The van der Waals surface area contributed by atoms with Crippen molar-refractivity contribution in [2.75, 3.05) is 13.7 Å². The van der Waals surface area contributed by atoms with Crippen molar-refractivity contribution >= 4 is 0 Å².